The highest BCUT2D eigenvalue weighted by Gasteiger charge is 2.31. The summed E-state index contributed by atoms with van der Waals surface area (Å²) < 4.78 is 47.8. The third-order valence-electron chi connectivity index (χ3n) is 8.97. The fraction of sp³-hybridized carbons (Fsp3) is 0.382. The van der Waals surface area contributed by atoms with Gasteiger partial charge in [-0.2, -0.15) is 0 Å². The average Bonchev–Trinajstić information content (AvgIpc) is 3.68. The molecule has 2 aliphatic rings. The van der Waals surface area contributed by atoms with Crippen molar-refractivity contribution in [1.82, 2.24) is 24.0 Å². The Balaban J connectivity index is 1.31. The Morgan fingerprint density at radius 2 is 1.89 bits per heavy atom. The highest BCUT2D eigenvalue weighted by molar-refractivity contribution is 7.89. The monoisotopic (exact) mass is 678 g/mol. The molecule has 1 saturated heterocycles. The molecule has 1 aliphatic heterocycles. The second kappa shape index (κ2) is 11.9. The van der Waals surface area contributed by atoms with Crippen molar-refractivity contribution in [2.75, 3.05) is 26.5 Å². The lowest BCUT2D eigenvalue weighted by atomic mass is 10.0. The zero-order valence-electron chi connectivity index (χ0n) is 26.4. The van der Waals surface area contributed by atoms with Gasteiger partial charge in [0.15, 0.2) is 15.7 Å². The molecule has 1 saturated carbocycles. The van der Waals surface area contributed by atoms with E-state index in [0.29, 0.717) is 57.0 Å². The Bertz CT molecular complexity index is 2150. The summed E-state index contributed by atoms with van der Waals surface area (Å²) in [6.45, 7) is 1.06. The minimum Gasteiger partial charge on any atom is -0.494 e. The number of nitrogens with zero attached hydrogens (tertiary/aromatic N) is 5. The Morgan fingerprint density at radius 1 is 1.11 bits per heavy atom. The largest absolute Gasteiger partial charge is 0.494 e. The van der Waals surface area contributed by atoms with Gasteiger partial charge in [-0.1, -0.05) is 23.7 Å². The maximum absolute atomic E-state index is 14.3. The van der Waals surface area contributed by atoms with Gasteiger partial charge in [0.2, 0.25) is 0 Å². The first-order valence-electron chi connectivity index (χ1n) is 15.6. The minimum absolute atomic E-state index is 0.00657. The Kier molecular flexibility index (Phi) is 8.00. The third kappa shape index (κ3) is 6.21. The number of nitrogens with two attached hydrogens (primary N) is 1. The molecule has 246 valence electrons. The van der Waals surface area contributed by atoms with Crippen molar-refractivity contribution >= 4 is 49.4 Å². The second-order valence-corrected chi connectivity index (χ2v) is 15.5. The smallest absolute Gasteiger partial charge is 0.254 e. The molecule has 3 aromatic heterocycles. The summed E-state index contributed by atoms with van der Waals surface area (Å²) in [5.74, 6) is 1.31. The van der Waals surface area contributed by atoms with Crippen molar-refractivity contribution in [2.24, 2.45) is 18.7 Å². The van der Waals surface area contributed by atoms with Crippen LogP contribution in [-0.2, 0) is 29.2 Å². The summed E-state index contributed by atoms with van der Waals surface area (Å²) in [4.78, 5) is 25.0. The van der Waals surface area contributed by atoms with Crippen LogP contribution in [0.5, 0.6) is 5.75 Å². The van der Waals surface area contributed by atoms with Crippen LogP contribution in [0.1, 0.15) is 35.2 Å². The van der Waals surface area contributed by atoms with E-state index in [9.17, 15) is 17.6 Å². The van der Waals surface area contributed by atoms with Crippen molar-refractivity contribution in [1.29, 1.82) is 0 Å². The van der Waals surface area contributed by atoms with Gasteiger partial charge in [0.05, 0.1) is 41.3 Å². The molecular formula is C34H36ClFN6O4S. The van der Waals surface area contributed by atoms with Crippen LogP contribution in [-0.4, -0.2) is 77.0 Å². The van der Waals surface area contributed by atoms with Crippen LogP contribution in [0.2, 0.25) is 5.02 Å². The summed E-state index contributed by atoms with van der Waals surface area (Å²) in [5, 5.41) is 1.37. The van der Waals surface area contributed by atoms with E-state index in [1.165, 1.54) is 11.2 Å². The van der Waals surface area contributed by atoms with Gasteiger partial charge < -0.3 is 24.5 Å². The Labute approximate surface area is 277 Å². The number of pyridine rings is 1. The fourth-order valence-electron chi connectivity index (χ4n) is 6.61. The number of likely N-dealkylation sites (tertiary alicyclic amines) is 1. The first kappa shape index (κ1) is 31.6. The fourth-order valence-corrected chi connectivity index (χ4v) is 7.69. The van der Waals surface area contributed by atoms with E-state index in [1.54, 1.807) is 31.4 Å². The van der Waals surface area contributed by atoms with Crippen LogP contribution in [0.3, 0.4) is 0 Å². The van der Waals surface area contributed by atoms with Crippen LogP contribution in [0.15, 0.2) is 48.5 Å². The normalized spacial score (nSPS) is 18.7. The molecule has 47 heavy (non-hydrogen) atoms. The molecule has 0 radical (unpaired) electrons. The average molecular weight is 679 g/mol. The summed E-state index contributed by atoms with van der Waals surface area (Å²) in [6.07, 6.45) is 2.55. The number of alkyl halides is 1. The lowest BCUT2D eigenvalue weighted by Crippen LogP contribution is -2.50. The topological polar surface area (TPSA) is 125 Å². The number of halogens is 2. The first-order chi connectivity index (χ1) is 22.4. The molecule has 4 heterocycles. The highest BCUT2D eigenvalue weighted by atomic mass is 35.5. The molecular weight excluding hydrogens is 643 g/mol. The molecule has 2 N–H and O–H groups in total. The van der Waals surface area contributed by atoms with Crippen molar-refractivity contribution in [3.8, 4) is 28.5 Å². The lowest BCUT2D eigenvalue weighted by molar-refractivity contribution is 0.0606. The van der Waals surface area contributed by atoms with Gasteiger partial charge in [-0.15, -0.1) is 0 Å². The van der Waals surface area contributed by atoms with E-state index in [-0.39, 0.29) is 24.6 Å². The summed E-state index contributed by atoms with van der Waals surface area (Å²) in [7, 11) is 0.273. The maximum atomic E-state index is 14.3. The van der Waals surface area contributed by atoms with E-state index >= 15 is 0 Å². The van der Waals surface area contributed by atoms with Crippen LogP contribution >= 0.6 is 11.6 Å². The van der Waals surface area contributed by atoms with E-state index in [2.05, 4.69) is 10.6 Å². The van der Waals surface area contributed by atoms with Crippen LogP contribution in [0, 0.1) is 5.92 Å². The van der Waals surface area contributed by atoms with E-state index in [1.807, 2.05) is 29.8 Å². The molecule has 0 unspecified atom stereocenters. The molecule has 2 atom stereocenters. The van der Waals surface area contributed by atoms with Gasteiger partial charge in [0, 0.05) is 48.9 Å². The predicted molar refractivity (Wildman–Crippen MR) is 181 cm³/mol. The third-order valence-corrected chi connectivity index (χ3v) is 10.1. The number of aromatic nitrogens is 4. The highest BCUT2D eigenvalue weighted by Crippen LogP contribution is 2.39. The number of rotatable bonds is 8. The SMILES string of the molecule is COc1cc(C(=O)N2C[C@H](N)C[C@@H](F)C2)cc2nc(-c3cc4ccc(-c5ccc(CS(C)(=O)=O)cc5Cl)nc4n3CC3CC3)n(C)c12. The number of methoxy groups -OCH3 is 1. The lowest BCUT2D eigenvalue weighted by Gasteiger charge is -2.33. The number of carbonyl (C=O) groups is 1. The van der Waals surface area contributed by atoms with Crippen LogP contribution in [0.25, 0.3) is 44.8 Å². The van der Waals surface area contributed by atoms with E-state index in [0.717, 1.165) is 41.6 Å². The van der Waals surface area contributed by atoms with Gasteiger partial charge >= 0.3 is 0 Å². The Hall–Kier alpha value is -4.00. The van der Waals surface area contributed by atoms with Crippen molar-refractivity contribution in [3.05, 3.63) is 64.7 Å². The van der Waals surface area contributed by atoms with Gasteiger partial charge in [0.1, 0.15) is 23.1 Å². The molecule has 1 aliphatic carbocycles. The number of sulfone groups is 1. The summed E-state index contributed by atoms with van der Waals surface area (Å²) in [5.41, 5.74) is 11.4. The molecule has 13 heteroatoms. The second-order valence-electron chi connectivity index (χ2n) is 12.9. The number of imidazole rings is 1. The molecule has 1 amide bonds. The summed E-state index contributed by atoms with van der Waals surface area (Å²) >= 11 is 6.65. The van der Waals surface area contributed by atoms with Gasteiger partial charge in [-0.05, 0) is 67.1 Å². The van der Waals surface area contributed by atoms with Crippen molar-refractivity contribution in [3.63, 3.8) is 0 Å². The quantitative estimate of drug-likeness (QED) is 0.234. The number of hydrogen-bond acceptors (Lipinski definition) is 7. The number of hydrogen-bond donors (Lipinski definition) is 1. The number of amides is 1. The molecule has 7 rings (SSSR count). The number of fused-ring (bicyclic) bond motifs is 2. The molecule has 0 spiro atoms. The predicted octanol–water partition coefficient (Wildman–Crippen LogP) is 5.38. The first-order valence-corrected chi connectivity index (χ1v) is 18.0. The zero-order valence-corrected chi connectivity index (χ0v) is 28.0. The minimum atomic E-state index is -3.20. The Morgan fingerprint density at radius 3 is 2.57 bits per heavy atom. The number of aryl methyl sites for hydroxylation is 1. The van der Waals surface area contributed by atoms with Gasteiger partial charge in [-0.25, -0.2) is 22.8 Å². The van der Waals surface area contributed by atoms with Crippen LogP contribution < -0.4 is 10.5 Å². The standard InChI is InChI=1S/C34H36ClFN6O4S/c1-40-31-28(11-22(13-30(31)46-2)34(43)41-16-23(36)14-24(37)17-41)39-33(40)29-12-21-7-9-27(38-32(21)42(29)15-19-4-5-19)25-8-6-20(10-26(25)35)18-47(3,44)45/h6-13,19,23-24H,4-5,14-18,37H2,1-3H3/t23-,24-/m1/s1. The van der Waals surface area contributed by atoms with Gasteiger partial charge in [0.25, 0.3) is 5.91 Å². The molecule has 5 aromatic rings. The zero-order chi connectivity index (χ0) is 33.2. The number of ether oxygens (including phenoxy) is 1. The molecule has 2 aromatic carbocycles. The summed E-state index contributed by atoms with van der Waals surface area (Å²) in [6, 6.07) is 14.3. The van der Waals surface area contributed by atoms with Gasteiger partial charge in [-0.3, -0.25) is 4.79 Å². The van der Waals surface area contributed by atoms with E-state index in [4.69, 9.17) is 32.0 Å². The van der Waals surface area contributed by atoms with Crippen LogP contribution in [0.4, 0.5) is 4.39 Å². The number of benzene rings is 2. The number of piperidine rings is 1. The van der Waals surface area contributed by atoms with Crippen molar-refractivity contribution < 1.29 is 22.3 Å². The van der Waals surface area contributed by atoms with Crippen molar-refractivity contribution in [2.45, 2.75) is 43.8 Å². The molecule has 0 bridgehead atoms. The van der Waals surface area contributed by atoms with E-state index < -0.39 is 22.1 Å². The molecule has 2 fully saturated rings. The number of carbonyl (C=O) groups excluding carboxylic acids is 1. The maximum Gasteiger partial charge on any atom is 0.254 e. The molecule has 10 nitrogen and oxygen atoms in total.